The third-order valence-corrected chi connectivity index (χ3v) is 3.55. The maximum absolute atomic E-state index is 5.82. The number of methoxy groups -OCH3 is 1. The molecule has 2 heterocycles. The summed E-state index contributed by atoms with van der Waals surface area (Å²) in [7, 11) is 3.45. The standard InChI is InChI=1S/C14H14N4O2S/c1-18-12-11(8-15-14(16-12)21-3)20-13(17-18)9-6-4-5-7-10(9)19-2/h4-8H,1-3H3. The number of thioether (sulfide) groups is 1. The van der Waals surface area contributed by atoms with Crippen molar-refractivity contribution < 1.29 is 9.47 Å². The summed E-state index contributed by atoms with van der Waals surface area (Å²) in [4.78, 5) is 8.63. The van der Waals surface area contributed by atoms with Crippen molar-refractivity contribution in [1.29, 1.82) is 0 Å². The van der Waals surface area contributed by atoms with Gasteiger partial charge in [-0.25, -0.2) is 9.99 Å². The van der Waals surface area contributed by atoms with Crippen LogP contribution in [0.5, 0.6) is 11.5 Å². The monoisotopic (exact) mass is 302 g/mol. The average molecular weight is 302 g/mol. The number of aromatic nitrogens is 2. The van der Waals surface area contributed by atoms with Crippen LogP contribution in [-0.4, -0.2) is 36.3 Å². The average Bonchev–Trinajstić information content (AvgIpc) is 2.54. The van der Waals surface area contributed by atoms with E-state index in [9.17, 15) is 0 Å². The topological polar surface area (TPSA) is 59.8 Å². The summed E-state index contributed by atoms with van der Waals surface area (Å²) < 4.78 is 11.2. The number of anilines is 1. The highest BCUT2D eigenvalue weighted by atomic mass is 32.2. The highest BCUT2D eigenvalue weighted by Crippen LogP contribution is 2.32. The van der Waals surface area contributed by atoms with Crippen LogP contribution in [0.2, 0.25) is 0 Å². The van der Waals surface area contributed by atoms with Crippen LogP contribution in [0.1, 0.15) is 5.56 Å². The Hall–Kier alpha value is -2.28. The lowest BCUT2D eigenvalue weighted by Gasteiger charge is -2.23. The van der Waals surface area contributed by atoms with Crippen molar-refractivity contribution in [3.8, 4) is 11.5 Å². The van der Waals surface area contributed by atoms with E-state index in [-0.39, 0.29) is 0 Å². The Labute approximate surface area is 126 Å². The van der Waals surface area contributed by atoms with Gasteiger partial charge in [0, 0.05) is 7.05 Å². The number of hydrogen-bond donors (Lipinski definition) is 0. The van der Waals surface area contributed by atoms with Crippen molar-refractivity contribution in [2.75, 3.05) is 25.4 Å². The number of ether oxygens (including phenoxy) is 2. The quantitative estimate of drug-likeness (QED) is 0.641. The molecular formula is C14H14N4O2S. The highest BCUT2D eigenvalue weighted by molar-refractivity contribution is 7.98. The largest absolute Gasteiger partial charge is 0.496 e. The first-order chi connectivity index (χ1) is 10.2. The first-order valence-electron chi connectivity index (χ1n) is 6.27. The van der Waals surface area contributed by atoms with Crippen molar-refractivity contribution in [2.45, 2.75) is 5.16 Å². The molecule has 21 heavy (non-hydrogen) atoms. The van der Waals surface area contributed by atoms with Crippen LogP contribution in [0.25, 0.3) is 0 Å². The van der Waals surface area contributed by atoms with E-state index in [1.807, 2.05) is 37.6 Å². The minimum atomic E-state index is 0.461. The molecule has 1 aliphatic heterocycles. The van der Waals surface area contributed by atoms with E-state index in [2.05, 4.69) is 15.1 Å². The molecule has 0 saturated heterocycles. The van der Waals surface area contributed by atoms with Crippen molar-refractivity contribution in [2.24, 2.45) is 5.10 Å². The fourth-order valence-electron chi connectivity index (χ4n) is 1.99. The van der Waals surface area contributed by atoms with E-state index in [0.29, 0.717) is 28.4 Å². The number of benzene rings is 1. The second-order valence-corrected chi connectivity index (χ2v) is 5.05. The lowest BCUT2D eigenvalue weighted by Crippen LogP contribution is -2.26. The van der Waals surface area contributed by atoms with E-state index in [0.717, 1.165) is 5.56 Å². The molecule has 7 heteroatoms. The molecule has 0 fully saturated rings. The fraction of sp³-hybridized carbons (Fsp3) is 0.214. The van der Waals surface area contributed by atoms with Crippen molar-refractivity contribution in [1.82, 2.24) is 9.97 Å². The number of hydrazone groups is 1. The van der Waals surface area contributed by atoms with Crippen LogP contribution in [0.15, 0.2) is 40.7 Å². The lowest BCUT2D eigenvalue weighted by molar-refractivity contribution is 0.411. The molecule has 108 valence electrons. The van der Waals surface area contributed by atoms with Gasteiger partial charge in [-0.05, 0) is 18.4 Å². The van der Waals surface area contributed by atoms with Crippen molar-refractivity contribution >= 4 is 23.5 Å². The van der Waals surface area contributed by atoms with Gasteiger partial charge in [0.05, 0.1) is 18.9 Å². The third-order valence-electron chi connectivity index (χ3n) is 2.99. The molecule has 0 aliphatic carbocycles. The molecule has 3 rings (SSSR count). The summed E-state index contributed by atoms with van der Waals surface area (Å²) >= 11 is 1.47. The molecule has 1 aromatic carbocycles. The number of nitrogens with zero attached hydrogens (tertiary/aromatic N) is 4. The Morgan fingerprint density at radius 1 is 1.29 bits per heavy atom. The normalized spacial score (nSPS) is 13.3. The van der Waals surface area contributed by atoms with Gasteiger partial charge in [0.15, 0.2) is 16.7 Å². The van der Waals surface area contributed by atoms with Gasteiger partial charge in [-0.2, -0.15) is 4.98 Å². The van der Waals surface area contributed by atoms with Gasteiger partial charge in [-0.1, -0.05) is 23.9 Å². The second kappa shape index (κ2) is 5.61. The Morgan fingerprint density at radius 3 is 2.86 bits per heavy atom. The van der Waals surface area contributed by atoms with E-state index in [4.69, 9.17) is 9.47 Å². The number of fused-ring (bicyclic) bond motifs is 1. The van der Waals surface area contributed by atoms with Crippen molar-refractivity contribution in [3.05, 3.63) is 36.0 Å². The molecule has 0 atom stereocenters. The number of rotatable bonds is 3. The third kappa shape index (κ3) is 2.52. The minimum Gasteiger partial charge on any atom is -0.496 e. The Balaban J connectivity index is 2.01. The molecule has 6 nitrogen and oxygen atoms in total. The molecule has 0 radical (unpaired) electrons. The Kier molecular flexibility index (Phi) is 3.66. The molecule has 0 amide bonds. The van der Waals surface area contributed by atoms with E-state index in [1.165, 1.54) is 11.8 Å². The smallest absolute Gasteiger partial charge is 0.248 e. The Morgan fingerprint density at radius 2 is 2.10 bits per heavy atom. The highest BCUT2D eigenvalue weighted by Gasteiger charge is 2.23. The van der Waals surface area contributed by atoms with Gasteiger partial charge in [0.25, 0.3) is 0 Å². The molecule has 1 aromatic heterocycles. The molecule has 0 spiro atoms. The predicted molar refractivity (Wildman–Crippen MR) is 82.4 cm³/mol. The molecular weight excluding hydrogens is 288 g/mol. The summed E-state index contributed by atoms with van der Waals surface area (Å²) in [6, 6.07) is 7.57. The molecule has 0 saturated carbocycles. The van der Waals surface area contributed by atoms with Gasteiger partial charge in [0.1, 0.15) is 5.75 Å². The SMILES string of the molecule is COc1ccccc1C1=NN(C)c2nc(SC)ncc2O1. The van der Waals surface area contributed by atoms with Gasteiger partial charge in [-0.15, -0.1) is 5.10 Å². The summed E-state index contributed by atoms with van der Waals surface area (Å²) in [5, 5.41) is 6.79. The van der Waals surface area contributed by atoms with Crippen LogP contribution < -0.4 is 14.5 Å². The maximum Gasteiger partial charge on any atom is 0.248 e. The molecule has 0 bridgehead atoms. The summed E-state index contributed by atoms with van der Waals surface area (Å²) in [6.45, 7) is 0. The summed E-state index contributed by atoms with van der Waals surface area (Å²) in [5.74, 6) is 2.39. The maximum atomic E-state index is 5.82. The summed E-state index contributed by atoms with van der Waals surface area (Å²) in [5.41, 5.74) is 0.784. The minimum absolute atomic E-state index is 0.461. The van der Waals surface area contributed by atoms with E-state index >= 15 is 0 Å². The fourth-order valence-corrected chi connectivity index (χ4v) is 2.32. The van der Waals surface area contributed by atoms with Crippen LogP contribution >= 0.6 is 11.8 Å². The number of para-hydroxylation sites is 1. The second-order valence-electron chi connectivity index (χ2n) is 4.28. The van der Waals surface area contributed by atoms with Gasteiger partial charge < -0.3 is 9.47 Å². The van der Waals surface area contributed by atoms with Crippen LogP contribution in [0, 0.1) is 0 Å². The zero-order valence-electron chi connectivity index (χ0n) is 11.9. The Bertz CT molecular complexity index is 705. The van der Waals surface area contributed by atoms with Gasteiger partial charge in [-0.3, -0.25) is 0 Å². The van der Waals surface area contributed by atoms with Gasteiger partial charge >= 0.3 is 0 Å². The first-order valence-corrected chi connectivity index (χ1v) is 7.50. The predicted octanol–water partition coefficient (Wildman–Crippen LogP) is 2.40. The zero-order valence-corrected chi connectivity index (χ0v) is 12.7. The molecule has 1 aliphatic rings. The van der Waals surface area contributed by atoms with E-state index in [1.54, 1.807) is 18.3 Å². The lowest BCUT2D eigenvalue weighted by atomic mass is 10.2. The van der Waals surface area contributed by atoms with Crippen LogP contribution in [0.3, 0.4) is 0 Å². The van der Waals surface area contributed by atoms with Crippen LogP contribution in [-0.2, 0) is 0 Å². The van der Waals surface area contributed by atoms with Crippen molar-refractivity contribution in [3.63, 3.8) is 0 Å². The molecule has 0 N–H and O–H groups in total. The first kappa shape index (κ1) is 13.7. The molecule has 0 unspecified atom stereocenters. The summed E-state index contributed by atoms with van der Waals surface area (Å²) in [6.07, 6.45) is 3.59. The molecule has 2 aromatic rings. The van der Waals surface area contributed by atoms with Crippen LogP contribution in [0.4, 0.5) is 5.82 Å². The zero-order chi connectivity index (χ0) is 14.8. The van der Waals surface area contributed by atoms with E-state index < -0.39 is 0 Å². The van der Waals surface area contributed by atoms with Gasteiger partial charge in [0.2, 0.25) is 5.90 Å². The number of hydrogen-bond acceptors (Lipinski definition) is 7.